The Bertz CT molecular complexity index is 556. The van der Waals surface area contributed by atoms with E-state index in [2.05, 4.69) is 33.9 Å². The molecule has 2 N–H and O–H groups in total. The summed E-state index contributed by atoms with van der Waals surface area (Å²) in [5.74, 6) is 1.45. The predicted molar refractivity (Wildman–Crippen MR) is 79.8 cm³/mol. The lowest BCUT2D eigenvalue weighted by atomic mass is 9.95. The average molecular weight is 289 g/mol. The Labute approximate surface area is 124 Å². The SMILES string of the molecule is CCn1ccc(CNCc2cc(C3CCNCC3)no2)n1. The summed E-state index contributed by atoms with van der Waals surface area (Å²) >= 11 is 0. The third-order valence-electron chi connectivity index (χ3n) is 3.96. The van der Waals surface area contributed by atoms with Crippen molar-refractivity contribution in [3.05, 3.63) is 35.5 Å². The van der Waals surface area contributed by atoms with Crippen LogP contribution in [0.25, 0.3) is 0 Å². The molecule has 2 aromatic heterocycles. The maximum atomic E-state index is 5.42. The number of rotatable bonds is 6. The smallest absolute Gasteiger partial charge is 0.150 e. The number of hydrogen-bond donors (Lipinski definition) is 2. The lowest BCUT2D eigenvalue weighted by Gasteiger charge is -2.19. The standard InChI is InChI=1S/C15H23N5O/c1-2-20-8-5-13(18-20)10-17-11-14-9-15(19-21-14)12-3-6-16-7-4-12/h5,8-9,12,16-17H,2-4,6-7,10-11H2,1H3. The second-order valence-electron chi connectivity index (χ2n) is 5.51. The Morgan fingerprint density at radius 2 is 2.24 bits per heavy atom. The van der Waals surface area contributed by atoms with Crippen LogP contribution in [0, 0.1) is 0 Å². The van der Waals surface area contributed by atoms with Crippen molar-refractivity contribution in [2.75, 3.05) is 13.1 Å². The zero-order chi connectivity index (χ0) is 14.5. The van der Waals surface area contributed by atoms with E-state index < -0.39 is 0 Å². The molecule has 21 heavy (non-hydrogen) atoms. The molecular formula is C15H23N5O. The second kappa shape index (κ2) is 6.87. The highest BCUT2D eigenvalue weighted by Crippen LogP contribution is 2.24. The van der Waals surface area contributed by atoms with E-state index in [0.717, 1.165) is 56.2 Å². The second-order valence-corrected chi connectivity index (χ2v) is 5.51. The van der Waals surface area contributed by atoms with E-state index in [1.54, 1.807) is 0 Å². The van der Waals surface area contributed by atoms with E-state index in [-0.39, 0.29) is 0 Å². The molecule has 2 aromatic rings. The first kappa shape index (κ1) is 14.3. The molecule has 3 heterocycles. The molecule has 0 aliphatic carbocycles. The summed E-state index contributed by atoms with van der Waals surface area (Å²) < 4.78 is 7.35. The van der Waals surface area contributed by atoms with Gasteiger partial charge in [0.25, 0.3) is 0 Å². The monoisotopic (exact) mass is 289 g/mol. The van der Waals surface area contributed by atoms with E-state index in [1.807, 2.05) is 16.9 Å². The number of nitrogens with zero attached hydrogens (tertiary/aromatic N) is 3. The van der Waals surface area contributed by atoms with Crippen LogP contribution in [0.15, 0.2) is 22.9 Å². The van der Waals surface area contributed by atoms with Crippen molar-refractivity contribution in [3.63, 3.8) is 0 Å². The first-order chi connectivity index (χ1) is 10.3. The molecule has 1 aliphatic heterocycles. The molecule has 6 heteroatoms. The topological polar surface area (TPSA) is 67.9 Å². The predicted octanol–water partition coefficient (Wildman–Crippen LogP) is 1.65. The normalized spacial score (nSPS) is 16.4. The van der Waals surface area contributed by atoms with E-state index in [1.165, 1.54) is 0 Å². The Kier molecular flexibility index (Phi) is 4.67. The van der Waals surface area contributed by atoms with Gasteiger partial charge in [-0.3, -0.25) is 4.68 Å². The highest BCUT2D eigenvalue weighted by atomic mass is 16.5. The Morgan fingerprint density at radius 1 is 1.38 bits per heavy atom. The zero-order valence-corrected chi connectivity index (χ0v) is 12.5. The van der Waals surface area contributed by atoms with E-state index in [0.29, 0.717) is 12.5 Å². The van der Waals surface area contributed by atoms with Crippen molar-refractivity contribution >= 4 is 0 Å². The first-order valence-electron chi connectivity index (χ1n) is 7.74. The summed E-state index contributed by atoms with van der Waals surface area (Å²) in [7, 11) is 0. The Morgan fingerprint density at radius 3 is 3.00 bits per heavy atom. The minimum absolute atomic E-state index is 0.545. The molecule has 0 radical (unpaired) electrons. The van der Waals surface area contributed by atoms with Crippen LogP contribution in [0.5, 0.6) is 0 Å². The van der Waals surface area contributed by atoms with E-state index >= 15 is 0 Å². The molecule has 3 rings (SSSR count). The zero-order valence-electron chi connectivity index (χ0n) is 12.5. The van der Waals surface area contributed by atoms with Crippen LogP contribution in [0.2, 0.25) is 0 Å². The summed E-state index contributed by atoms with van der Waals surface area (Å²) in [6.45, 7) is 6.58. The van der Waals surface area contributed by atoms with Gasteiger partial charge in [0.15, 0.2) is 5.76 Å². The maximum absolute atomic E-state index is 5.42. The van der Waals surface area contributed by atoms with Crippen LogP contribution in [0.1, 0.15) is 42.8 Å². The van der Waals surface area contributed by atoms with Crippen LogP contribution in [-0.2, 0) is 19.6 Å². The van der Waals surface area contributed by atoms with Crippen molar-refractivity contribution < 1.29 is 4.52 Å². The summed E-state index contributed by atoms with van der Waals surface area (Å²) in [6.07, 6.45) is 4.29. The van der Waals surface area contributed by atoms with E-state index in [9.17, 15) is 0 Å². The van der Waals surface area contributed by atoms with Crippen LogP contribution < -0.4 is 10.6 Å². The van der Waals surface area contributed by atoms with Gasteiger partial charge in [0.2, 0.25) is 0 Å². The minimum atomic E-state index is 0.545. The number of hydrogen-bond acceptors (Lipinski definition) is 5. The highest BCUT2D eigenvalue weighted by Gasteiger charge is 2.18. The summed E-state index contributed by atoms with van der Waals surface area (Å²) in [5, 5.41) is 15.4. The van der Waals surface area contributed by atoms with Gasteiger partial charge < -0.3 is 15.2 Å². The van der Waals surface area contributed by atoms with Gasteiger partial charge in [-0.2, -0.15) is 5.10 Å². The van der Waals surface area contributed by atoms with Gasteiger partial charge in [-0.05, 0) is 38.9 Å². The summed E-state index contributed by atoms with van der Waals surface area (Å²) in [5.41, 5.74) is 2.15. The van der Waals surface area contributed by atoms with E-state index in [4.69, 9.17) is 4.52 Å². The van der Waals surface area contributed by atoms with Gasteiger partial charge in [0.1, 0.15) is 0 Å². The van der Waals surface area contributed by atoms with Crippen molar-refractivity contribution in [1.29, 1.82) is 0 Å². The highest BCUT2D eigenvalue weighted by molar-refractivity contribution is 5.11. The molecule has 0 bridgehead atoms. The van der Waals surface area contributed by atoms with Gasteiger partial charge in [-0.15, -0.1) is 0 Å². The number of nitrogens with one attached hydrogen (secondary N) is 2. The molecule has 1 fully saturated rings. The fraction of sp³-hybridized carbons (Fsp3) is 0.600. The molecule has 0 atom stereocenters. The molecule has 6 nitrogen and oxygen atoms in total. The lowest BCUT2D eigenvalue weighted by molar-refractivity contribution is 0.354. The third-order valence-corrected chi connectivity index (χ3v) is 3.96. The Balaban J connectivity index is 1.48. The first-order valence-corrected chi connectivity index (χ1v) is 7.74. The van der Waals surface area contributed by atoms with Gasteiger partial charge in [-0.25, -0.2) is 0 Å². The molecule has 0 aromatic carbocycles. The molecular weight excluding hydrogens is 266 g/mol. The molecule has 0 unspecified atom stereocenters. The van der Waals surface area contributed by atoms with Gasteiger partial charge >= 0.3 is 0 Å². The quantitative estimate of drug-likeness (QED) is 0.846. The molecule has 0 amide bonds. The van der Waals surface area contributed by atoms with Crippen LogP contribution in [0.3, 0.4) is 0 Å². The van der Waals surface area contributed by atoms with Crippen LogP contribution >= 0.6 is 0 Å². The number of piperidine rings is 1. The van der Waals surface area contributed by atoms with Crippen molar-refractivity contribution in [2.24, 2.45) is 0 Å². The van der Waals surface area contributed by atoms with Crippen molar-refractivity contribution in [2.45, 2.75) is 45.3 Å². The summed E-state index contributed by atoms with van der Waals surface area (Å²) in [6, 6.07) is 4.13. The number of aromatic nitrogens is 3. The van der Waals surface area contributed by atoms with Crippen LogP contribution in [0.4, 0.5) is 0 Å². The lowest BCUT2D eigenvalue weighted by Crippen LogP contribution is -2.26. The molecule has 1 saturated heterocycles. The molecule has 0 spiro atoms. The molecule has 114 valence electrons. The van der Waals surface area contributed by atoms with Gasteiger partial charge in [0, 0.05) is 31.3 Å². The van der Waals surface area contributed by atoms with Crippen molar-refractivity contribution in [1.82, 2.24) is 25.6 Å². The van der Waals surface area contributed by atoms with Crippen LogP contribution in [-0.4, -0.2) is 28.0 Å². The fourth-order valence-corrected chi connectivity index (χ4v) is 2.71. The molecule has 0 saturated carbocycles. The maximum Gasteiger partial charge on any atom is 0.150 e. The van der Waals surface area contributed by atoms with Crippen molar-refractivity contribution in [3.8, 4) is 0 Å². The van der Waals surface area contributed by atoms with Gasteiger partial charge in [0.05, 0.1) is 17.9 Å². The number of aryl methyl sites for hydroxylation is 1. The molecule has 1 aliphatic rings. The van der Waals surface area contributed by atoms with Gasteiger partial charge in [-0.1, -0.05) is 5.16 Å². The fourth-order valence-electron chi connectivity index (χ4n) is 2.71. The average Bonchev–Trinajstić information content (AvgIpc) is 3.17. The largest absolute Gasteiger partial charge is 0.360 e. The summed E-state index contributed by atoms with van der Waals surface area (Å²) in [4.78, 5) is 0. The third kappa shape index (κ3) is 3.71. The minimum Gasteiger partial charge on any atom is -0.360 e. The Hall–Kier alpha value is -1.66.